The number of carbonyl (C=O) groups is 1. The van der Waals surface area contributed by atoms with Gasteiger partial charge in [-0.05, 0) is 42.5 Å². The number of rotatable bonds is 3. The third-order valence-corrected chi connectivity index (χ3v) is 6.38. The van der Waals surface area contributed by atoms with Gasteiger partial charge in [-0.3, -0.25) is 4.79 Å². The summed E-state index contributed by atoms with van der Waals surface area (Å²) in [6.45, 7) is 0.394. The number of primary sulfonamides is 1. The summed E-state index contributed by atoms with van der Waals surface area (Å²) in [6, 6.07) is 6.16. The van der Waals surface area contributed by atoms with Crippen molar-refractivity contribution in [3.05, 3.63) is 56.4 Å². The number of aromatic carboxylic acids is 1. The van der Waals surface area contributed by atoms with Gasteiger partial charge in [-0.1, -0.05) is 12.1 Å². The molecule has 0 spiro atoms. The third-order valence-electron chi connectivity index (χ3n) is 4.27. The van der Waals surface area contributed by atoms with Crippen molar-refractivity contribution in [2.75, 3.05) is 0 Å². The molecule has 4 rings (SSSR count). The Morgan fingerprint density at radius 1 is 1.24 bits per heavy atom. The number of aromatic amines is 1. The highest BCUT2D eigenvalue weighted by molar-refractivity contribution is 7.89. The van der Waals surface area contributed by atoms with E-state index in [2.05, 4.69) is 9.97 Å². The Morgan fingerprint density at radius 2 is 1.90 bits per heavy atom. The minimum atomic E-state index is -3.57. The number of nitrogens with two attached hydrogens (primary N) is 2. The maximum absolute atomic E-state index is 11.8. The van der Waals surface area contributed by atoms with Gasteiger partial charge in [-0.15, -0.1) is 23.7 Å². The molecule has 2 heterocycles. The van der Waals surface area contributed by atoms with Gasteiger partial charge in [0.15, 0.2) is 0 Å². The molecule has 0 aliphatic heterocycles. The number of aryl methyl sites for hydroxylation is 2. The van der Waals surface area contributed by atoms with Crippen LogP contribution in [0.3, 0.4) is 0 Å². The first kappa shape index (κ1) is 23.0. The number of nitrogens with zero attached hydrogens (tertiary/aromatic N) is 1. The summed E-state index contributed by atoms with van der Waals surface area (Å²) in [5, 5.41) is 14.3. The maximum Gasteiger partial charge on any atom is 0.372 e. The van der Waals surface area contributed by atoms with E-state index in [4.69, 9.17) is 16.0 Å². The van der Waals surface area contributed by atoms with Crippen molar-refractivity contribution in [1.82, 2.24) is 9.97 Å². The first-order valence-electron chi connectivity index (χ1n) is 8.30. The van der Waals surface area contributed by atoms with Crippen molar-refractivity contribution in [3.63, 3.8) is 0 Å². The summed E-state index contributed by atoms with van der Waals surface area (Å²) < 4.78 is 21.6. The average Bonchev–Trinajstić information content (AvgIpc) is 3.22. The average molecular weight is 459 g/mol. The normalized spacial score (nSPS) is 12.6. The van der Waals surface area contributed by atoms with Crippen LogP contribution in [0.5, 0.6) is 0 Å². The fourth-order valence-electron chi connectivity index (χ4n) is 2.92. The second-order valence-corrected chi connectivity index (χ2v) is 8.80. The van der Waals surface area contributed by atoms with Gasteiger partial charge in [0.2, 0.25) is 15.8 Å². The molecule has 29 heavy (non-hydrogen) atoms. The number of carboxylic acids is 1. The van der Waals surface area contributed by atoms with Gasteiger partial charge in [0, 0.05) is 11.4 Å². The van der Waals surface area contributed by atoms with Gasteiger partial charge in [0.25, 0.3) is 5.56 Å². The van der Waals surface area contributed by atoms with Crippen LogP contribution in [0.1, 0.15) is 33.0 Å². The minimum Gasteiger partial charge on any atom is -0.475 e. The van der Waals surface area contributed by atoms with E-state index in [0.717, 1.165) is 30.4 Å². The van der Waals surface area contributed by atoms with Crippen molar-refractivity contribution in [2.24, 2.45) is 10.9 Å². The van der Waals surface area contributed by atoms with E-state index >= 15 is 0 Å². The van der Waals surface area contributed by atoms with E-state index in [1.165, 1.54) is 28.3 Å². The van der Waals surface area contributed by atoms with Crippen LogP contribution in [-0.2, 0) is 29.4 Å². The second-order valence-electron chi connectivity index (χ2n) is 6.15. The van der Waals surface area contributed by atoms with Gasteiger partial charge in [-0.25, -0.2) is 23.3 Å². The summed E-state index contributed by atoms with van der Waals surface area (Å²) in [6.07, 6.45) is 2.93. The summed E-state index contributed by atoms with van der Waals surface area (Å²) >= 11 is 1.44. The van der Waals surface area contributed by atoms with Gasteiger partial charge >= 0.3 is 5.97 Å². The van der Waals surface area contributed by atoms with E-state index in [0.29, 0.717) is 16.8 Å². The molecule has 0 radical (unpaired) electrons. The SMILES string of the molecule is Cl.NCc1ccc(S(N)(=O)=O)cc1.O=C(O)c1nc2sc3c(c2c(=O)[nH]1)CCC3. The monoisotopic (exact) mass is 458 g/mol. The number of nitrogens with one attached hydrogen (secondary N) is 1. The summed E-state index contributed by atoms with van der Waals surface area (Å²) in [5.41, 5.74) is 6.93. The van der Waals surface area contributed by atoms with Crippen LogP contribution in [0.15, 0.2) is 34.0 Å². The Bertz CT molecular complexity index is 1200. The Balaban J connectivity index is 0.000000209. The molecule has 0 saturated heterocycles. The highest BCUT2D eigenvalue weighted by atomic mass is 35.5. The molecular formula is C17H19ClN4O5S2. The number of benzene rings is 1. The molecule has 3 aromatic rings. The Morgan fingerprint density at radius 3 is 2.45 bits per heavy atom. The zero-order valence-corrected chi connectivity index (χ0v) is 17.5. The van der Waals surface area contributed by atoms with Gasteiger partial charge in [-0.2, -0.15) is 0 Å². The molecule has 156 valence electrons. The van der Waals surface area contributed by atoms with Crippen LogP contribution in [0.2, 0.25) is 0 Å². The highest BCUT2D eigenvalue weighted by Crippen LogP contribution is 2.34. The molecule has 9 nitrogen and oxygen atoms in total. The zero-order chi connectivity index (χ0) is 20.5. The van der Waals surface area contributed by atoms with Crippen molar-refractivity contribution in [3.8, 4) is 0 Å². The standard InChI is InChI=1S/C10H8N2O3S.C7H10N2O2S.ClH/c13-8-6-4-2-1-3-5(4)16-9(6)12-7(11-8)10(14)15;8-5-6-1-3-7(4-2-6)12(9,10)11;/h1-3H2,(H,14,15)(H,11,12,13);1-4H,5,8H2,(H2,9,10,11);1H. The van der Waals surface area contributed by atoms with Crippen molar-refractivity contribution in [1.29, 1.82) is 0 Å². The van der Waals surface area contributed by atoms with E-state index in [9.17, 15) is 18.0 Å². The molecule has 1 aromatic carbocycles. The molecule has 0 bridgehead atoms. The quantitative estimate of drug-likeness (QED) is 0.459. The van der Waals surface area contributed by atoms with Crippen molar-refractivity contribution >= 4 is 50.0 Å². The first-order valence-corrected chi connectivity index (χ1v) is 10.7. The van der Waals surface area contributed by atoms with Gasteiger partial charge in [0.1, 0.15) is 4.83 Å². The van der Waals surface area contributed by atoms with E-state index in [1.54, 1.807) is 12.1 Å². The van der Waals surface area contributed by atoms with Crippen LogP contribution in [0.4, 0.5) is 0 Å². The van der Waals surface area contributed by atoms with Crippen LogP contribution >= 0.6 is 23.7 Å². The topological polar surface area (TPSA) is 169 Å². The molecule has 0 unspecified atom stereocenters. The summed E-state index contributed by atoms with van der Waals surface area (Å²) in [7, 11) is -3.57. The largest absolute Gasteiger partial charge is 0.475 e. The molecule has 0 saturated carbocycles. The predicted molar refractivity (Wildman–Crippen MR) is 112 cm³/mol. The molecule has 6 N–H and O–H groups in total. The Kier molecular flexibility index (Phi) is 7.14. The fraction of sp³-hybridized carbons (Fsp3) is 0.235. The number of sulfonamides is 1. The fourth-order valence-corrected chi connectivity index (χ4v) is 4.70. The lowest BCUT2D eigenvalue weighted by Gasteiger charge is -1.98. The number of hydrogen-bond acceptors (Lipinski definition) is 7. The van der Waals surface area contributed by atoms with E-state index in [1.807, 2.05) is 0 Å². The Hall–Kier alpha value is -2.31. The molecule has 1 aliphatic rings. The highest BCUT2D eigenvalue weighted by Gasteiger charge is 2.22. The van der Waals surface area contributed by atoms with Gasteiger partial charge in [0.05, 0.1) is 10.3 Å². The summed E-state index contributed by atoms with van der Waals surface area (Å²) in [5.74, 6) is -1.48. The Labute approximate surface area is 176 Å². The van der Waals surface area contributed by atoms with Crippen LogP contribution in [-0.4, -0.2) is 29.5 Å². The maximum atomic E-state index is 11.8. The molecule has 2 aromatic heterocycles. The molecule has 12 heteroatoms. The second kappa shape index (κ2) is 9.01. The van der Waals surface area contributed by atoms with Crippen molar-refractivity contribution < 1.29 is 18.3 Å². The van der Waals surface area contributed by atoms with Crippen molar-refractivity contribution in [2.45, 2.75) is 30.7 Å². The number of halogens is 1. The number of H-pyrrole nitrogens is 1. The number of carboxylic acid groups (broad SMARTS) is 1. The number of thiophene rings is 1. The van der Waals surface area contributed by atoms with E-state index < -0.39 is 16.0 Å². The number of fused-ring (bicyclic) bond motifs is 3. The van der Waals surface area contributed by atoms with Crippen LogP contribution in [0.25, 0.3) is 10.2 Å². The van der Waals surface area contributed by atoms with E-state index in [-0.39, 0.29) is 28.7 Å². The number of aromatic nitrogens is 2. The first-order chi connectivity index (χ1) is 13.2. The predicted octanol–water partition coefficient (Wildman–Crippen LogP) is 1.39. The smallest absolute Gasteiger partial charge is 0.372 e. The lowest BCUT2D eigenvalue weighted by atomic mass is 10.2. The number of hydrogen-bond donors (Lipinski definition) is 4. The molecule has 0 atom stereocenters. The molecule has 1 aliphatic carbocycles. The molecular weight excluding hydrogens is 440 g/mol. The third kappa shape index (κ3) is 5.00. The van der Waals surface area contributed by atoms with Crippen LogP contribution in [0, 0.1) is 0 Å². The lowest BCUT2D eigenvalue weighted by Crippen LogP contribution is -2.15. The summed E-state index contributed by atoms with van der Waals surface area (Å²) in [4.78, 5) is 30.6. The van der Waals surface area contributed by atoms with Crippen LogP contribution < -0.4 is 16.4 Å². The lowest BCUT2D eigenvalue weighted by molar-refractivity contribution is 0.0683. The van der Waals surface area contributed by atoms with Gasteiger partial charge < -0.3 is 15.8 Å². The zero-order valence-electron chi connectivity index (χ0n) is 15.0. The minimum absolute atomic E-state index is 0. The molecule has 0 fully saturated rings. The molecule has 0 amide bonds.